The zero-order valence-electron chi connectivity index (χ0n) is 18.8. The number of unbranched alkanes of at least 4 members (excludes halogenated alkanes) is 3. The lowest BCUT2D eigenvalue weighted by Crippen LogP contribution is -2.59. The van der Waals surface area contributed by atoms with Crippen LogP contribution >= 0.6 is 11.8 Å². The fourth-order valence-electron chi connectivity index (χ4n) is 3.32. The summed E-state index contributed by atoms with van der Waals surface area (Å²) in [6.45, 7) is 8.82. The van der Waals surface area contributed by atoms with Crippen molar-refractivity contribution in [2.45, 2.75) is 94.0 Å². The van der Waals surface area contributed by atoms with Gasteiger partial charge in [0.2, 0.25) is 0 Å². The quantitative estimate of drug-likeness (QED) is 0.385. The fraction of sp³-hybridized carbons (Fsp3) is 0.750. The van der Waals surface area contributed by atoms with E-state index in [4.69, 9.17) is 18.9 Å². The van der Waals surface area contributed by atoms with Crippen molar-refractivity contribution in [1.29, 1.82) is 0 Å². The molecule has 30 heavy (non-hydrogen) atoms. The molecule has 1 N–H and O–H groups in total. The third-order valence-corrected chi connectivity index (χ3v) is 6.32. The molecule has 1 heterocycles. The first kappa shape index (κ1) is 25.6. The van der Waals surface area contributed by atoms with Crippen LogP contribution in [0, 0.1) is 0 Å². The van der Waals surface area contributed by atoms with Crippen LogP contribution in [0.3, 0.4) is 0 Å². The van der Waals surface area contributed by atoms with E-state index in [0.717, 1.165) is 43.4 Å². The summed E-state index contributed by atoms with van der Waals surface area (Å²) >= 11 is 1.53. The minimum absolute atomic E-state index is 0.269. The van der Waals surface area contributed by atoms with Gasteiger partial charge in [0, 0.05) is 24.7 Å². The summed E-state index contributed by atoms with van der Waals surface area (Å²) in [5.74, 6) is 0. The third-order valence-electron chi connectivity index (χ3n) is 5.15. The Balaban J connectivity index is 2.13. The topological polar surface area (TPSA) is 57.2 Å². The van der Waals surface area contributed by atoms with Crippen LogP contribution < -0.4 is 0 Å². The maximum absolute atomic E-state index is 11.2. The van der Waals surface area contributed by atoms with Crippen LogP contribution in [0.5, 0.6) is 0 Å². The molecule has 1 aliphatic rings. The van der Waals surface area contributed by atoms with Crippen molar-refractivity contribution in [1.82, 2.24) is 0 Å². The number of aliphatic hydroxyl groups excluding tert-OH is 1. The van der Waals surface area contributed by atoms with E-state index in [2.05, 4.69) is 20.8 Å². The van der Waals surface area contributed by atoms with Crippen molar-refractivity contribution in [3.05, 3.63) is 30.3 Å². The summed E-state index contributed by atoms with van der Waals surface area (Å²) in [4.78, 5) is 1.06. The van der Waals surface area contributed by atoms with Crippen molar-refractivity contribution in [3.8, 4) is 0 Å². The number of ether oxygens (including phenoxy) is 4. The Morgan fingerprint density at radius 1 is 0.867 bits per heavy atom. The molecule has 172 valence electrons. The molecule has 5 nitrogen and oxygen atoms in total. The molecule has 0 aromatic heterocycles. The predicted octanol–water partition coefficient (Wildman–Crippen LogP) is 5.05. The summed E-state index contributed by atoms with van der Waals surface area (Å²) in [6, 6.07) is 10.0. The SMILES string of the molecule is CCCCOCC1OC(Sc2ccccc2)C(O)C(OCCCC)C1OCCCC. The summed E-state index contributed by atoms with van der Waals surface area (Å²) in [5, 5.41) is 11.2. The number of hydrogen-bond acceptors (Lipinski definition) is 6. The second-order valence-corrected chi connectivity index (χ2v) is 8.94. The highest BCUT2D eigenvalue weighted by Crippen LogP contribution is 2.35. The van der Waals surface area contributed by atoms with Gasteiger partial charge in [-0.15, -0.1) is 0 Å². The highest BCUT2D eigenvalue weighted by atomic mass is 32.2. The van der Waals surface area contributed by atoms with Crippen molar-refractivity contribution >= 4 is 11.8 Å². The van der Waals surface area contributed by atoms with Gasteiger partial charge in [0.15, 0.2) is 0 Å². The molecule has 0 bridgehead atoms. The van der Waals surface area contributed by atoms with Crippen LogP contribution in [0.25, 0.3) is 0 Å². The molecule has 2 rings (SSSR count). The molecule has 1 aliphatic heterocycles. The number of benzene rings is 1. The molecule has 1 aromatic carbocycles. The Bertz CT molecular complexity index is 544. The van der Waals surface area contributed by atoms with Gasteiger partial charge in [0.25, 0.3) is 0 Å². The maximum Gasteiger partial charge on any atom is 0.136 e. The third kappa shape index (κ3) is 8.48. The Hall–Kier alpha value is -0.630. The van der Waals surface area contributed by atoms with Crippen molar-refractivity contribution in [3.63, 3.8) is 0 Å². The number of rotatable bonds is 15. The molecule has 1 fully saturated rings. The molecule has 0 spiro atoms. The molecular weight excluding hydrogens is 400 g/mol. The summed E-state index contributed by atoms with van der Waals surface area (Å²) in [5.41, 5.74) is -0.426. The van der Waals surface area contributed by atoms with E-state index in [0.29, 0.717) is 26.4 Å². The molecule has 5 atom stereocenters. The van der Waals surface area contributed by atoms with Gasteiger partial charge in [-0.3, -0.25) is 0 Å². The standard InChI is InChI=1S/C24H40O5S/c1-4-7-15-26-18-20-22(27-16-8-5-2)23(28-17-9-6-3)21(25)24(29-20)30-19-13-11-10-12-14-19/h10-14,20-25H,4-9,15-18H2,1-3H3. The van der Waals surface area contributed by atoms with Gasteiger partial charge in [-0.1, -0.05) is 70.0 Å². The second-order valence-electron chi connectivity index (χ2n) is 7.77. The van der Waals surface area contributed by atoms with Crippen LogP contribution in [0.1, 0.15) is 59.3 Å². The Morgan fingerprint density at radius 2 is 1.47 bits per heavy atom. The highest BCUT2D eigenvalue weighted by molar-refractivity contribution is 7.99. The summed E-state index contributed by atoms with van der Waals surface area (Å²) in [7, 11) is 0. The minimum atomic E-state index is -0.773. The van der Waals surface area contributed by atoms with Crippen LogP contribution in [0.2, 0.25) is 0 Å². The van der Waals surface area contributed by atoms with Crippen LogP contribution in [-0.2, 0) is 18.9 Å². The predicted molar refractivity (Wildman–Crippen MR) is 122 cm³/mol. The van der Waals surface area contributed by atoms with Gasteiger partial charge in [-0.2, -0.15) is 0 Å². The van der Waals surface area contributed by atoms with E-state index >= 15 is 0 Å². The van der Waals surface area contributed by atoms with E-state index in [-0.39, 0.29) is 12.2 Å². The van der Waals surface area contributed by atoms with Gasteiger partial charge in [0.1, 0.15) is 29.9 Å². The number of aliphatic hydroxyl groups is 1. The van der Waals surface area contributed by atoms with Crippen LogP contribution in [0.15, 0.2) is 35.2 Å². The van der Waals surface area contributed by atoms with Crippen molar-refractivity contribution in [2.75, 3.05) is 26.4 Å². The minimum Gasteiger partial charge on any atom is -0.387 e. The van der Waals surface area contributed by atoms with E-state index in [1.807, 2.05) is 30.3 Å². The second kappa shape index (κ2) is 15.2. The number of hydrogen-bond donors (Lipinski definition) is 1. The Labute approximate surface area is 186 Å². The molecule has 0 radical (unpaired) electrons. The molecule has 0 saturated carbocycles. The van der Waals surface area contributed by atoms with Crippen molar-refractivity contribution < 1.29 is 24.1 Å². The molecule has 1 saturated heterocycles. The lowest BCUT2D eigenvalue weighted by molar-refractivity contribution is -0.237. The fourth-order valence-corrected chi connectivity index (χ4v) is 4.40. The van der Waals surface area contributed by atoms with Crippen LogP contribution in [-0.4, -0.2) is 61.4 Å². The molecule has 6 heteroatoms. The van der Waals surface area contributed by atoms with Gasteiger partial charge >= 0.3 is 0 Å². The molecule has 1 aromatic rings. The first-order valence-corrected chi connectivity index (χ1v) is 12.4. The van der Waals surface area contributed by atoms with Gasteiger partial charge in [-0.05, 0) is 31.4 Å². The van der Waals surface area contributed by atoms with E-state index in [1.54, 1.807) is 0 Å². The lowest BCUT2D eigenvalue weighted by Gasteiger charge is -2.44. The average molecular weight is 441 g/mol. The van der Waals surface area contributed by atoms with Gasteiger partial charge < -0.3 is 24.1 Å². The smallest absolute Gasteiger partial charge is 0.136 e. The summed E-state index contributed by atoms with van der Waals surface area (Å²) < 4.78 is 24.6. The average Bonchev–Trinajstić information content (AvgIpc) is 2.76. The first-order valence-electron chi connectivity index (χ1n) is 11.6. The Kier molecular flexibility index (Phi) is 13.0. The van der Waals surface area contributed by atoms with Gasteiger partial charge in [0.05, 0.1) is 6.61 Å². The van der Waals surface area contributed by atoms with E-state index in [9.17, 15) is 5.11 Å². The maximum atomic E-state index is 11.2. The Morgan fingerprint density at radius 3 is 2.10 bits per heavy atom. The monoisotopic (exact) mass is 440 g/mol. The molecule has 5 unspecified atom stereocenters. The first-order chi connectivity index (χ1) is 14.7. The highest BCUT2D eigenvalue weighted by Gasteiger charge is 2.47. The van der Waals surface area contributed by atoms with E-state index in [1.165, 1.54) is 11.8 Å². The zero-order chi connectivity index (χ0) is 21.6. The molecule has 0 amide bonds. The van der Waals surface area contributed by atoms with Crippen molar-refractivity contribution in [2.24, 2.45) is 0 Å². The largest absolute Gasteiger partial charge is 0.387 e. The summed E-state index contributed by atoms with van der Waals surface area (Å²) in [6.07, 6.45) is 4.35. The van der Waals surface area contributed by atoms with E-state index < -0.39 is 17.6 Å². The lowest BCUT2D eigenvalue weighted by atomic mass is 9.99. The van der Waals surface area contributed by atoms with Crippen LogP contribution in [0.4, 0.5) is 0 Å². The van der Waals surface area contributed by atoms with Gasteiger partial charge in [-0.25, -0.2) is 0 Å². The zero-order valence-corrected chi connectivity index (χ0v) is 19.6. The molecule has 0 aliphatic carbocycles. The number of thioether (sulfide) groups is 1. The molecular formula is C24H40O5S. The normalized spacial score (nSPS) is 26.7.